The maximum Gasteiger partial charge on any atom is 0.287 e. The lowest BCUT2D eigenvalue weighted by molar-refractivity contribution is -0.385. The van der Waals surface area contributed by atoms with Gasteiger partial charge in [0, 0.05) is 18.7 Å². The maximum absolute atomic E-state index is 10.5. The van der Waals surface area contributed by atoms with E-state index in [0.717, 1.165) is 6.20 Å². The Morgan fingerprint density at radius 3 is 1.64 bits per heavy atom. The fourth-order valence-electron chi connectivity index (χ4n) is 1.84. The van der Waals surface area contributed by atoms with Crippen molar-refractivity contribution in [1.29, 1.82) is 0 Å². The van der Waals surface area contributed by atoms with Crippen molar-refractivity contribution in [3.63, 3.8) is 0 Å². The third kappa shape index (κ3) is 13.3. The summed E-state index contributed by atoms with van der Waals surface area (Å²) in [7, 11) is 0. The first-order chi connectivity index (χ1) is 13.7. The Morgan fingerprint density at radius 1 is 0.786 bits per heavy atom. The van der Waals surface area contributed by atoms with E-state index in [1.54, 1.807) is 0 Å². The first kappa shape index (κ1) is 24.1. The van der Waals surface area contributed by atoms with Crippen LogP contribution in [-0.4, -0.2) is 89.1 Å². The molecule has 0 saturated carbocycles. The molecule has 160 valence electrons. The highest BCUT2D eigenvalue weighted by atomic mass is 16.6. The third-order valence-corrected chi connectivity index (χ3v) is 3.16. The number of ether oxygens (including phenoxy) is 6. The second-order valence-electron chi connectivity index (χ2n) is 5.31. The van der Waals surface area contributed by atoms with Crippen LogP contribution in [0.15, 0.2) is 18.3 Å². The lowest BCUT2D eigenvalue weighted by Gasteiger charge is -2.08. The molecule has 0 spiro atoms. The molecule has 1 rings (SSSR count). The van der Waals surface area contributed by atoms with Gasteiger partial charge in [0.2, 0.25) is 5.88 Å². The molecule has 0 aliphatic rings. The van der Waals surface area contributed by atoms with Crippen molar-refractivity contribution in [2.75, 3.05) is 79.2 Å². The van der Waals surface area contributed by atoms with Gasteiger partial charge in [0.25, 0.3) is 5.69 Å². The minimum absolute atomic E-state index is 0.0785. The number of rotatable bonds is 19. The lowest BCUT2D eigenvalue weighted by atomic mass is 10.4. The second-order valence-corrected chi connectivity index (χ2v) is 5.31. The number of nitrogens with zero attached hydrogens (tertiary/aromatic N) is 2. The van der Waals surface area contributed by atoms with Crippen LogP contribution in [0, 0.1) is 10.1 Å². The molecule has 0 aliphatic heterocycles. The summed E-state index contributed by atoms with van der Waals surface area (Å²) in [5.74, 6) is 0.315. The van der Waals surface area contributed by atoms with Gasteiger partial charge in [-0.2, -0.15) is 0 Å². The molecule has 0 bridgehead atoms. The van der Waals surface area contributed by atoms with Gasteiger partial charge in [-0.15, -0.1) is 0 Å². The van der Waals surface area contributed by atoms with Gasteiger partial charge < -0.3 is 34.2 Å². The molecular weight excluding hydrogens is 374 g/mol. The minimum Gasteiger partial charge on any atom is -0.475 e. The summed E-state index contributed by atoms with van der Waals surface area (Å²) in [6, 6.07) is 2.78. The molecule has 11 nitrogen and oxygen atoms in total. The highest BCUT2D eigenvalue weighted by molar-refractivity contribution is 5.28. The van der Waals surface area contributed by atoms with Crippen molar-refractivity contribution in [2.45, 2.75) is 0 Å². The Kier molecular flexibility index (Phi) is 14.9. The Balaban J connectivity index is 1.79. The van der Waals surface area contributed by atoms with Gasteiger partial charge in [0.05, 0.1) is 71.0 Å². The van der Waals surface area contributed by atoms with E-state index < -0.39 is 4.92 Å². The van der Waals surface area contributed by atoms with E-state index in [0.29, 0.717) is 85.1 Å². The Bertz CT molecular complexity index is 504. The summed E-state index contributed by atoms with van der Waals surface area (Å²) < 4.78 is 31.9. The molecule has 0 radical (unpaired) electrons. The van der Waals surface area contributed by atoms with Gasteiger partial charge in [0.1, 0.15) is 12.8 Å². The van der Waals surface area contributed by atoms with E-state index >= 15 is 0 Å². The van der Waals surface area contributed by atoms with Gasteiger partial charge >= 0.3 is 0 Å². The molecule has 0 fully saturated rings. The number of aromatic nitrogens is 1. The van der Waals surface area contributed by atoms with Gasteiger partial charge in [0.15, 0.2) is 0 Å². The minimum atomic E-state index is -0.514. The predicted molar refractivity (Wildman–Crippen MR) is 99.5 cm³/mol. The highest BCUT2D eigenvalue weighted by Crippen LogP contribution is 2.13. The van der Waals surface area contributed by atoms with Crippen LogP contribution in [0.4, 0.5) is 5.69 Å². The first-order valence-corrected chi connectivity index (χ1v) is 9.06. The SMILES string of the molecule is NCCOCCOCCOCCOCCOCCOc1ccc([N+](=O)[O-])cn1. The fourth-order valence-corrected chi connectivity index (χ4v) is 1.84. The topological polar surface area (TPSA) is 137 Å². The summed E-state index contributed by atoms with van der Waals surface area (Å²) >= 11 is 0. The molecule has 1 aromatic heterocycles. The van der Waals surface area contributed by atoms with Gasteiger partial charge in [-0.1, -0.05) is 0 Å². The Hall–Kier alpha value is -1.89. The van der Waals surface area contributed by atoms with Crippen molar-refractivity contribution < 1.29 is 33.3 Å². The van der Waals surface area contributed by atoms with Crippen LogP contribution in [-0.2, 0) is 23.7 Å². The number of hydrogen-bond acceptors (Lipinski definition) is 10. The summed E-state index contributed by atoms with van der Waals surface area (Å²) in [5, 5.41) is 10.5. The van der Waals surface area contributed by atoms with Crippen LogP contribution in [0.2, 0.25) is 0 Å². The quantitative estimate of drug-likeness (QED) is 0.196. The van der Waals surface area contributed by atoms with Crippen molar-refractivity contribution >= 4 is 5.69 Å². The Labute approximate surface area is 164 Å². The predicted octanol–water partition coefficient (Wildman–Crippen LogP) is 0.410. The zero-order valence-corrected chi connectivity index (χ0v) is 16.0. The average molecular weight is 403 g/mol. The molecule has 0 saturated heterocycles. The van der Waals surface area contributed by atoms with Crippen LogP contribution in [0.3, 0.4) is 0 Å². The molecule has 1 aromatic rings. The van der Waals surface area contributed by atoms with Crippen LogP contribution >= 0.6 is 0 Å². The van der Waals surface area contributed by atoms with E-state index in [9.17, 15) is 10.1 Å². The van der Waals surface area contributed by atoms with Crippen LogP contribution in [0.5, 0.6) is 5.88 Å². The van der Waals surface area contributed by atoms with E-state index in [2.05, 4.69) is 4.98 Å². The summed E-state index contributed by atoms with van der Waals surface area (Å²) in [4.78, 5) is 13.8. The maximum atomic E-state index is 10.5. The third-order valence-electron chi connectivity index (χ3n) is 3.16. The molecule has 28 heavy (non-hydrogen) atoms. The van der Waals surface area contributed by atoms with Crippen molar-refractivity contribution in [3.8, 4) is 5.88 Å². The lowest BCUT2D eigenvalue weighted by Crippen LogP contribution is -2.15. The van der Waals surface area contributed by atoms with Crippen LogP contribution < -0.4 is 10.5 Å². The normalized spacial score (nSPS) is 10.9. The standard InChI is InChI=1S/C17H29N3O8/c18-3-4-23-5-6-24-7-8-25-9-10-26-11-12-27-13-14-28-17-2-1-16(15-19-17)20(21)22/h1-2,15H,3-14,18H2. The average Bonchev–Trinajstić information content (AvgIpc) is 2.70. The van der Waals surface area contributed by atoms with Gasteiger partial charge in [-0.25, -0.2) is 4.98 Å². The van der Waals surface area contributed by atoms with Gasteiger partial charge in [-0.3, -0.25) is 10.1 Å². The molecule has 2 N–H and O–H groups in total. The summed E-state index contributed by atoms with van der Waals surface area (Å²) in [5.41, 5.74) is 5.21. The molecule has 0 aliphatic carbocycles. The molecule has 0 aromatic carbocycles. The van der Waals surface area contributed by atoms with E-state index in [4.69, 9.17) is 34.2 Å². The molecule has 0 amide bonds. The van der Waals surface area contributed by atoms with Crippen molar-refractivity contribution in [3.05, 3.63) is 28.4 Å². The fraction of sp³-hybridized carbons (Fsp3) is 0.706. The summed E-state index contributed by atoms with van der Waals surface area (Å²) in [6.07, 6.45) is 1.15. The first-order valence-electron chi connectivity index (χ1n) is 9.06. The summed E-state index contributed by atoms with van der Waals surface area (Å²) in [6.45, 7) is 5.66. The molecule has 11 heteroatoms. The highest BCUT2D eigenvalue weighted by Gasteiger charge is 2.05. The van der Waals surface area contributed by atoms with E-state index in [-0.39, 0.29) is 5.69 Å². The second kappa shape index (κ2) is 17.2. The van der Waals surface area contributed by atoms with Crippen LogP contribution in [0.1, 0.15) is 0 Å². The van der Waals surface area contributed by atoms with Crippen molar-refractivity contribution in [1.82, 2.24) is 4.98 Å². The number of hydrogen-bond donors (Lipinski definition) is 1. The zero-order valence-electron chi connectivity index (χ0n) is 16.0. The number of nitrogens with two attached hydrogens (primary N) is 1. The monoisotopic (exact) mass is 403 g/mol. The smallest absolute Gasteiger partial charge is 0.287 e. The number of pyridine rings is 1. The molecule has 1 heterocycles. The Morgan fingerprint density at radius 2 is 1.25 bits per heavy atom. The number of nitro groups is 1. The van der Waals surface area contributed by atoms with E-state index in [1.807, 2.05) is 0 Å². The van der Waals surface area contributed by atoms with Crippen molar-refractivity contribution in [2.24, 2.45) is 5.73 Å². The molecule has 0 atom stereocenters. The largest absolute Gasteiger partial charge is 0.475 e. The van der Waals surface area contributed by atoms with Crippen LogP contribution in [0.25, 0.3) is 0 Å². The zero-order chi connectivity index (χ0) is 20.3. The van der Waals surface area contributed by atoms with Gasteiger partial charge in [-0.05, 0) is 0 Å². The molecule has 0 unspecified atom stereocenters. The molecular formula is C17H29N3O8. The van der Waals surface area contributed by atoms with E-state index in [1.165, 1.54) is 12.1 Å².